The smallest absolute Gasteiger partial charge is 0.326 e. The van der Waals surface area contributed by atoms with E-state index in [0.29, 0.717) is 0 Å². The van der Waals surface area contributed by atoms with Crippen LogP contribution in [0, 0.1) is 0 Å². The first-order chi connectivity index (χ1) is 17.6. The lowest BCUT2D eigenvalue weighted by Gasteiger charge is -2.24. The van der Waals surface area contributed by atoms with Crippen molar-refractivity contribution in [2.75, 3.05) is 6.54 Å². The summed E-state index contributed by atoms with van der Waals surface area (Å²) < 4.78 is 0. The number of hydrogen-bond acceptors (Lipinski definition) is 9. The number of primary amides is 1. The third-order valence-corrected chi connectivity index (χ3v) is 4.89. The molecule has 0 aromatic heterocycles. The standard InChI is InChI=1S/C20H34N8O10/c21-9(3-6-14(30)31)16(34)28-12(8-15(32)33)18(36)26-10(2-1-7-25-20(23)24)17(35)27-11(19(37)38)4-5-13(22)29/h9-12H,1-8,21H2,(H2,22,29)(H,26,36)(H,27,35)(H,28,34)(H,30,31)(H,32,33)(H,37,38)(H4,23,24,25). The Balaban J connectivity index is 5.67. The molecule has 0 aliphatic carbocycles. The van der Waals surface area contributed by atoms with Crippen LogP contribution in [0.15, 0.2) is 4.99 Å². The number of nitrogens with zero attached hydrogens (tertiary/aromatic N) is 1. The van der Waals surface area contributed by atoms with Crippen LogP contribution in [0.3, 0.4) is 0 Å². The van der Waals surface area contributed by atoms with E-state index in [0.717, 1.165) is 0 Å². The van der Waals surface area contributed by atoms with Gasteiger partial charge in [-0.3, -0.25) is 33.8 Å². The van der Waals surface area contributed by atoms with Crippen molar-refractivity contribution in [1.29, 1.82) is 0 Å². The van der Waals surface area contributed by atoms with E-state index in [2.05, 4.69) is 20.9 Å². The van der Waals surface area contributed by atoms with E-state index in [9.17, 15) is 38.7 Å². The van der Waals surface area contributed by atoms with Crippen molar-refractivity contribution in [2.24, 2.45) is 27.9 Å². The Hall–Kier alpha value is -4.48. The average molecular weight is 547 g/mol. The van der Waals surface area contributed by atoms with Gasteiger partial charge in [0.2, 0.25) is 23.6 Å². The maximum atomic E-state index is 12.8. The number of carbonyl (C=O) groups is 7. The van der Waals surface area contributed by atoms with E-state index in [4.69, 9.17) is 33.1 Å². The van der Waals surface area contributed by atoms with Crippen LogP contribution in [0.25, 0.3) is 0 Å². The minimum Gasteiger partial charge on any atom is -0.481 e. The van der Waals surface area contributed by atoms with E-state index in [-0.39, 0.29) is 44.6 Å². The van der Waals surface area contributed by atoms with Gasteiger partial charge in [0.25, 0.3) is 0 Å². The van der Waals surface area contributed by atoms with E-state index in [1.807, 2.05) is 0 Å². The first-order valence-electron chi connectivity index (χ1n) is 11.3. The number of carbonyl (C=O) groups excluding carboxylic acids is 4. The van der Waals surface area contributed by atoms with Gasteiger partial charge in [-0.15, -0.1) is 0 Å². The summed E-state index contributed by atoms with van der Waals surface area (Å²) in [4.78, 5) is 86.1. The number of nitrogens with one attached hydrogen (secondary N) is 3. The van der Waals surface area contributed by atoms with Gasteiger partial charge in [0.05, 0.1) is 12.5 Å². The minimum absolute atomic E-state index is 0.0275. The van der Waals surface area contributed by atoms with Crippen molar-refractivity contribution in [3.05, 3.63) is 0 Å². The molecule has 4 amide bonds. The Morgan fingerprint density at radius 2 is 1.24 bits per heavy atom. The van der Waals surface area contributed by atoms with Gasteiger partial charge in [0, 0.05) is 19.4 Å². The SMILES string of the molecule is NC(=O)CCC(NC(=O)C(CCCN=C(N)N)NC(=O)C(CC(=O)O)NC(=O)C(N)CCC(=O)O)C(=O)O. The Labute approximate surface area is 216 Å². The lowest BCUT2D eigenvalue weighted by atomic mass is 10.1. The molecule has 0 saturated carbocycles. The number of hydrogen-bond donors (Lipinski definition) is 10. The first kappa shape index (κ1) is 33.5. The highest BCUT2D eigenvalue weighted by atomic mass is 16.4. The van der Waals surface area contributed by atoms with Crippen LogP contribution >= 0.6 is 0 Å². The third-order valence-electron chi connectivity index (χ3n) is 4.89. The molecule has 18 nitrogen and oxygen atoms in total. The van der Waals surface area contributed by atoms with Gasteiger partial charge in [-0.25, -0.2) is 4.79 Å². The Morgan fingerprint density at radius 3 is 1.74 bits per heavy atom. The van der Waals surface area contributed by atoms with Crippen LogP contribution in [0.2, 0.25) is 0 Å². The van der Waals surface area contributed by atoms with Crippen LogP contribution in [0.4, 0.5) is 0 Å². The predicted molar refractivity (Wildman–Crippen MR) is 129 cm³/mol. The molecule has 14 N–H and O–H groups in total. The van der Waals surface area contributed by atoms with Gasteiger partial charge >= 0.3 is 17.9 Å². The van der Waals surface area contributed by atoms with Crippen molar-refractivity contribution in [2.45, 2.75) is 69.1 Å². The number of nitrogens with two attached hydrogens (primary N) is 4. The molecule has 0 radical (unpaired) electrons. The molecule has 38 heavy (non-hydrogen) atoms. The fraction of sp³-hybridized carbons (Fsp3) is 0.600. The molecule has 0 spiro atoms. The van der Waals surface area contributed by atoms with Crippen molar-refractivity contribution < 1.29 is 48.9 Å². The molecule has 0 aromatic rings. The summed E-state index contributed by atoms with van der Waals surface area (Å²) in [6.45, 7) is 0.0275. The molecule has 0 fully saturated rings. The fourth-order valence-electron chi connectivity index (χ4n) is 2.93. The van der Waals surface area contributed by atoms with E-state index < -0.39 is 78.5 Å². The normalized spacial score (nSPS) is 13.6. The van der Waals surface area contributed by atoms with Crippen LogP contribution in [-0.2, 0) is 33.6 Å². The van der Waals surface area contributed by atoms with Gasteiger partial charge in [0.15, 0.2) is 5.96 Å². The quantitative estimate of drug-likeness (QED) is 0.0415. The van der Waals surface area contributed by atoms with Gasteiger partial charge in [-0.05, 0) is 25.7 Å². The number of guanidine groups is 1. The molecule has 18 heteroatoms. The predicted octanol–water partition coefficient (Wildman–Crippen LogP) is -4.49. The maximum Gasteiger partial charge on any atom is 0.326 e. The van der Waals surface area contributed by atoms with E-state index in [1.165, 1.54) is 0 Å². The minimum atomic E-state index is -1.71. The average Bonchev–Trinajstić information content (AvgIpc) is 2.80. The monoisotopic (exact) mass is 546 g/mol. The topological polar surface area (TPSA) is 333 Å². The lowest BCUT2D eigenvalue weighted by molar-refractivity contribution is -0.143. The van der Waals surface area contributed by atoms with Crippen LogP contribution in [-0.4, -0.2) is 93.5 Å². The number of aliphatic carboxylic acids is 3. The molecule has 0 aromatic carbocycles. The Morgan fingerprint density at radius 1 is 0.684 bits per heavy atom. The van der Waals surface area contributed by atoms with E-state index in [1.54, 1.807) is 0 Å². The molecule has 0 aliphatic heterocycles. The zero-order valence-electron chi connectivity index (χ0n) is 20.4. The molecular formula is C20H34N8O10. The maximum absolute atomic E-state index is 12.8. The zero-order chi connectivity index (χ0) is 29.4. The summed E-state index contributed by atoms with van der Waals surface area (Å²) in [5.74, 6) is -8.34. The largest absolute Gasteiger partial charge is 0.481 e. The molecule has 214 valence electrons. The second-order valence-electron chi connectivity index (χ2n) is 8.11. The van der Waals surface area contributed by atoms with Crippen LogP contribution < -0.4 is 38.9 Å². The lowest BCUT2D eigenvalue weighted by Crippen LogP contribution is -2.57. The third kappa shape index (κ3) is 14.8. The second-order valence-corrected chi connectivity index (χ2v) is 8.11. The zero-order valence-corrected chi connectivity index (χ0v) is 20.4. The number of carboxylic acids is 3. The van der Waals surface area contributed by atoms with Crippen molar-refractivity contribution in [3.63, 3.8) is 0 Å². The summed E-state index contributed by atoms with van der Waals surface area (Å²) in [7, 11) is 0. The van der Waals surface area contributed by atoms with Gasteiger partial charge in [0.1, 0.15) is 18.1 Å². The van der Waals surface area contributed by atoms with Crippen molar-refractivity contribution in [1.82, 2.24) is 16.0 Å². The summed E-state index contributed by atoms with van der Waals surface area (Å²) in [5.41, 5.74) is 21.1. The van der Waals surface area contributed by atoms with E-state index >= 15 is 0 Å². The number of amides is 4. The molecule has 4 unspecified atom stereocenters. The number of aliphatic imine (C=N–C) groups is 1. The van der Waals surface area contributed by atoms with Gasteiger partial charge in [-0.2, -0.15) is 0 Å². The molecule has 0 rings (SSSR count). The highest BCUT2D eigenvalue weighted by Gasteiger charge is 2.31. The molecule has 4 atom stereocenters. The summed E-state index contributed by atoms with van der Waals surface area (Å²) in [6.07, 6.45) is -2.37. The van der Waals surface area contributed by atoms with Crippen molar-refractivity contribution >= 4 is 47.5 Å². The van der Waals surface area contributed by atoms with Crippen molar-refractivity contribution in [3.8, 4) is 0 Å². The molecule has 0 heterocycles. The second kappa shape index (κ2) is 17.1. The Bertz CT molecular complexity index is 921. The molecule has 0 aliphatic rings. The number of carboxylic acid groups (broad SMARTS) is 3. The highest BCUT2D eigenvalue weighted by Crippen LogP contribution is 2.05. The number of rotatable bonds is 19. The molecule has 0 saturated heterocycles. The highest BCUT2D eigenvalue weighted by molar-refractivity contribution is 5.95. The van der Waals surface area contributed by atoms with Crippen LogP contribution in [0.5, 0.6) is 0 Å². The van der Waals surface area contributed by atoms with Gasteiger partial charge in [-0.1, -0.05) is 0 Å². The molecule has 0 bridgehead atoms. The van der Waals surface area contributed by atoms with Crippen LogP contribution in [0.1, 0.15) is 44.9 Å². The summed E-state index contributed by atoms with van der Waals surface area (Å²) in [5, 5.41) is 33.7. The van der Waals surface area contributed by atoms with Gasteiger partial charge < -0.3 is 54.2 Å². The first-order valence-corrected chi connectivity index (χ1v) is 11.3. The Kier molecular flexibility index (Phi) is 15.0. The fourth-order valence-corrected chi connectivity index (χ4v) is 2.93. The summed E-state index contributed by atoms with van der Waals surface area (Å²) in [6, 6.07) is -6.04. The summed E-state index contributed by atoms with van der Waals surface area (Å²) >= 11 is 0. The molecular weight excluding hydrogens is 512 g/mol.